The summed E-state index contributed by atoms with van der Waals surface area (Å²) in [5.74, 6) is -1.04. The topological polar surface area (TPSA) is 32.3 Å². The number of hydrogen-bond acceptors (Lipinski definition) is 2. The van der Waals surface area contributed by atoms with Crippen molar-refractivity contribution in [1.82, 2.24) is 10.2 Å². The van der Waals surface area contributed by atoms with Gasteiger partial charge in [0.25, 0.3) is 0 Å². The standard InChI is InChI=1S/C14H21F3N2O.ClH/c15-14(16,17)10-1-7-19(8-2-10)12(20)11-9-13(11)3-5-18-6-4-13;/h10-11,18H,1-9H2;1H. The van der Waals surface area contributed by atoms with Crippen molar-refractivity contribution in [3.8, 4) is 0 Å². The van der Waals surface area contributed by atoms with Crippen LogP contribution in [0.3, 0.4) is 0 Å². The average molecular weight is 327 g/mol. The second-order valence-corrected chi connectivity index (χ2v) is 6.51. The Morgan fingerprint density at radius 1 is 1.14 bits per heavy atom. The largest absolute Gasteiger partial charge is 0.391 e. The van der Waals surface area contributed by atoms with E-state index in [1.807, 2.05) is 0 Å². The number of nitrogens with one attached hydrogen (secondary N) is 1. The van der Waals surface area contributed by atoms with Gasteiger partial charge in [0.1, 0.15) is 0 Å². The van der Waals surface area contributed by atoms with Gasteiger partial charge in [0.05, 0.1) is 5.92 Å². The summed E-state index contributed by atoms with van der Waals surface area (Å²) in [4.78, 5) is 14.1. The predicted octanol–water partition coefficient (Wildman–Crippen LogP) is 2.60. The molecule has 1 unspecified atom stereocenters. The maximum absolute atomic E-state index is 12.6. The Bertz CT molecular complexity index is 388. The Labute approximate surface area is 129 Å². The summed E-state index contributed by atoms with van der Waals surface area (Å²) in [7, 11) is 0. The first-order chi connectivity index (χ1) is 9.42. The van der Waals surface area contributed by atoms with Crippen molar-refractivity contribution in [3.05, 3.63) is 0 Å². The van der Waals surface area contributed by atoms with Gasteiger partial charge in [0, 0.05) is 19.0 Å². The first kappa shape index (κ1) is 16.9. The molecular formula is C14H22ClF3N2O. The molecule has 1 spiro atoms. The van der Waals surface area contributed by atoms with Crippen LogP contribution in [-0.2, 0) is 4.79 Å². The van der Waals surface area contributed by atoms with Gasteiger partial charge in [0.15, 0.2) is 0 Å². The van der Waals surface area contributed by atoms with E-state index in [1.165, 1.54) is 0 Å². The van der Waals surface area contributed by atoms with E-state index < -0.39 is 12.1 Å². The molecule has 1 aliphatic carbocycles. The fourth-order valence-corrected chi connectivity index (χ4v) is 3.82. The van der Waals surface area contributed by atoms with Gasteiger partial charge in [-0.3, -0.25) is 4.79 Å². The SMILES string of the molecule is Cl.O=C(C1CC12CCNCC2)N1CCC(C(F)(F)F)CC1. The zero-order valence-corrected chi connectivity index (χ0v) is 12.7. The molecule has 3 fully saturated rings. The summed E-state index contributed by atoms with van der Waals surface area (Å²) in [6, 6.07) is 0. The lowest BCUT2D eigenvalue weighted by atomic mass is 9.91. The molecule has 21 heavy (non-hydrogen) atoms. The van der Waals surface area contributed by atoms with Crippen LogP contribution in [0.15, 0.2) is 0 Å². The summed E-state index contributed by atoms with van der Waals surface area (Å²) in [5, 5.41) is 3.29. The number of rotatable bonds is 1. The fourth-order valence-electron chi connectivity index (χ4n) is 3.82. The van der Waals surface area contributed by atoms with Crippen LogP contribution in [0.4, 0.5) is 13.2 Å². The molecule has 1 N–H and O–H groups in total. The summed E-state index contributed by atoms with van der Waals surface area (Å²) in [6.07, 6.45) is -0.977. The van der Waals surface area contributed by atoms with E-state index in [1.54, 1.807) is 4.90 Å². The molecule has 0 aromatic rings. The minimum absolute atomic E-state index is 0. The Morgan fingerprint density at radius 2 is 1.71 bits per heavy atom. The molecule has 0 bridgehead atoms. The molecule has 2 heterocycles. The van der Waals surface area contributed by atoms with E-state index in [9.17, 15) is 18.0 Å². The summed E-state index contributed by atoms with van der Waals surface area (Å²) >= 11 is 0. The lowest BCUT2D eigenvalue weighted by Crippen LogP contribution is -2.43. The van der Waals surface area contributed by atoms with E-state index in [4.69, 9.17) is 0 Å². The van der Waals surface area contributed by atoms with Crippen molar-refractivity contribution in [2.75, 3.05) is 26.2 Å². The monoisotopic (exact) mass is 326 g/mol. The minimum Gasteiger partial charge on any atom is -0.342 e. The normalized spacial score (nSPS) is 29.1. The van der Waals surface area contributed by atoms with Crippen LogP contribution in [0.2, 0.25) is 0 Å². The number of hydrogen-bond donors (Lipinski definition) is 1. The Balaban J connectivity index is 0.00000161. The van der Waals surface area contributed by atoms with Crippen LogP contribution in [0, 0.1) is 17.3 Å². The molecular weight excluding hydrogens is 305 g/mol. The molecule has 2 aliphatic heterocycles. The van der Waals surface area contributed by atoms with Crippen molar-refractivity contribution in [1.29, 1.82) is 0 Å². The first-order valence-electron chi connectivity index (χ1n) is 7.49. The molecule has 2 saturated heterocycles. The summed E-state index contributed by atoms with van der Waals surface area (Å²) in [5.41, 5.74) is 0.170. The molecule has 1 amide bonds. The van der Waals surface area contributed by atoms with Crippen LogP contribution < -0.4 is 5.32 Å². The second-order valence-electron chi connectivity index (χ2n) is 6.51. The second kappa shape index (κ2) is 5.95. The van der Waals surface area contributed by atoms with Gasteiger partial charge in [-0.2, -0.15) is 13.2 Å². The molecule has 3 aliphatic rings. The van der Waals surface area contributed by atoms with E-state index >= 15 is 0 Å². The third-order valence-electron chi connectivity index (χ3n) is 5.36. The van der Waals surface area contributed by atoms with E-state index in [0.717, 1.165) is 32.4 Å². The first-order valence-corrected chi connectivity index (χ1v) is 7.49. The van der Waals surface area contributed by atoms with Gasteiger partial charge in [-0.05, 0) is 50.6 Å². The van der Waals surface area contributed by atoms with Gasteiger partial charge < -0.3 is 10.2 Å². The summed E-state index contributed by atoms with van der Waals surface area (Å²) < 4.78 is 37.8. The molecule has 3 rings (SSSR count). The van der Waals surface area contributed by atoms with Gasteiger partial charge in [-0.1, -0.05) is 0 Å². The number of amides is 1. The predicted molar refractivity (Wildman–Crippen MR) is 75.3 cm³/mol. The number of nitrogens with zero attached hydrogens (tertiary/aromatic N) is 1. The highest BCUT2D eigenvalue weighted by molar-refractivity contribution is 5.85. The fraction of sp³-hybridized carbons (Fsp3) is 0.929. The van der Waals surface area contributed by atoms with Crippen molar-refractivity contribution >= 4 is 18.3 Å². The number of halogens is 4. The number of carbonyl (C=O) groups excluding carboxylic acids is 1. The number of likely N-dealkylation sites (tertiary alicyclic amines) is 1. The molecule has 7 heteroatoms. The van der Waals surface area contributed by atoms with Crippen LogP contribution in [-0.4, -0.2) is 43.2 Å². The molecule has 0 aromatic heterocycles. The van der Waals surface area contributed by atoms with Crippen molar-refractivity contribution < 1.29 is 18.0 Å². The quantitative estimate of drug-likeness (QED) is 0.803. The maximum Gasteiger partial charge on any atom is 0.391 e. The van der Waals surface area contributed by atoms with Gasteiger partial charge in [-0.15, -0.1) is 12.4 Å². The Hall–Kier alpha value is -0.490. The Kier molecular flexibility index (Phi) is 4.78. The Morgan fingerprint density at radius 3 is 2.24 bits per heavy atom. The lowest BCUT2D eigenvalue weighted by Gasteiger charge is -2.34. The average Bonchev–Trinajstić information content (AvgIpc) is 3.11. The number of alkyl halides is 3. The maximum atomic E-state index is 12.6. The molecule has 3 nitrogen and oxygen atoms in total. The molecule has 1 saturated carbocycles. The van der Waals surface area contributed by atoms with E-state index in [-0.39, 0.29) is 55.6 Å². The molecule has 122 valence electrons. The molecule has 0 radical (unpaired) electrons. The smallest absolute Gasteiger partial charge is 0.342 e. The number of carbonyl (C=O) groups is 1. The third kappa shape index (κ3) is 3.31. The highest BCUT2D eigenvalue weighted by Gasteiger charge is 2.58. The van der Waals surface area contributed by atoms with Crippen molar-refractivity contribution in [2.24, 2.45) is 17.3 Å². The molecule has 0 aromatic carbocycles. The van der Waals surface area contributed by atoms with Crippen molar-refractivity contribution in [3.63, 3.8) is 0 Å². The van der Waals surface area contributed by atoms with Gasteiger partial charge in [-0.25, -0.2) is 0 Å². The van der Waals surface area contributed by atoms with E-state index in [2.05, 4.69) is 5.32 Å². The van der Waals surface area contributed by atoms with Crippen LogP contribution in [0.1, 0.15) is 32.1 Å². The molecule has 1 atom stereocenters. The van der Waals surface area contributed by atoms with Crippen LogP contribution in [0.5, 0.6) is 0 Å². The zero-order chi connectivity index (χ0) is 14.4. The van der Waals surface area contributed by atoms with Crippen LogP contribution in [0.25, 0.3) is 0 Å². The van der Waals surface area contributed by atoms with E-state index in [0.29, 0.717) is 0 Å². The number of piperidine rings is 2. The minimum atomic E-state index is -4.11. The van der Waals surface area contributed by atoms with Gasteiger partial charge in [0.2, 0.25) is 5.91 Å². The highest BCUT2D eigenvalue weighted by atomic mass is 35.5. The zero-order valence-electron chi connectivity index (χ0n) is 11.9. The van der Waals surface area contributed by atoms with Crippen LogP contribution >= 0.6 is 12.4 Å². The third-order valence-corrected chi connectivity index (χ3v) is 5.36. The van der Waals surface area contributed by atoms with Crippen molar-refractivity contribution in [2.45, 2.75) is 38.3 Å². The van der Waals surface area contributed by atoms with Gasteiger partial charge >= 0.3 is 6.18 Å². The highest BCUT2D eigenvalue weighted by Crippen LogP contribution is 2.59. The lowest BCUT2D eigenvalue weighted by molar-refractivity contribution is -0.186. The summed E-state index contributed by atoms with van der Waals surface area (Å²) in [6.45, 7) is 2.46.